The molecule has 3 rings (SSSR count). The van der Waals surface area contributed by atoms with Crippen LogP contribution in [0.5, 0.6) is 11.5 Å². The van der Waals surface area contributed by atoms with Crippen molar-refractivity contribution in [3.8, 4) is 11.5 Å². The van der Waals surface area contributed by atoms with Gasteiger partial charge in [0.25, 0.3) is 0 Å². The molecule has 1 saturated carbocycles. The van der Waals surface area contributed by atoms with Crippen molar-refractivity contribution >= 4 is 11.9 Å². The number of piperidine rings is 1. The molecule has 26 heavy (non-hydrogen) atoms. The summed E-state index contributed by atoms with van der Waals surface area (Å²) in [6.07, 6.45) is 3.50. The second kappa shape index (κ2) is 7.98. The van der Waals surface area contributed by atoms with Crippen LogP contribution >= 0.6 is 0 Å². The first-order valence-corrected chi connectivity index (χ1v) is 9.41. The lowest BCUT2D eigenvalue weighted by molar-refractivity contribution is -0.139. The second-order valence-electron chi connectivity index (χ2n) is 7.17. The van der Waals surface area contributed by atoms with Crippen LogP contribution < -0.4 is 9.47 Å². The Kier molecular flexibility index (Phi) is 5.69. The van der Waals surface area contributed by atoms with Gasteiger partial charge >= 0.3 is 5.97 Å². The number of hydrogen-bond acceptors (Lipinski definition) is 4. The van der Waals surface area contributed by atoms with Gasteiger partial charge < -0.3 is 19.5 Å². The standard InChI is InChI=1S/C20H27NO5/c1-2-25-16-6-3-4-7-17(16)26-13-5-8-18(22)21-11-9-20(10-12-21)14-15(20)19(23)24/h3-4,6-7,15H,2,5,8-14H2,1H3,(H,23,24). The zero-order chi connectivity index (χ0) is 18.6. The molecule has 1 aromatic carbocycles. The number of carboxylic acids is 1. The van der Waals surface area contributed by atoms with Crippen molar-refractivity contribution in [3.05, 3.63) is 24.3 Å². The van der Waals surface area contributed by atoms with Gasteiger partial charge in [-0.1, -0.05) is 12.1 Å². The van der Waals surface area contributed by atoms with Gasteiger partial charge in [-0.3, -0.25) is 9.59 Å². The Morgan fingerprint density at radius 3 is 2.42 bits per heavy atom. The summed E-state index contributed by atoms with van der Waals surface area (Å²) >= 11 is 0. The summed E-state index contributed by atoms with van der Waals surface area (Å²) in [6.45, 7) is 4.33. The number of benzene rings is 1. The lowest BCUT2D eigenvalue weighted by Crippen LogP contribution is -2.40. The van der Waals surface area contributed by atoms with Gasteiger partial charge in [0, 0.05) is 19.5 Å². The third-order valence-corrected chi connectivity index (χ3v) is 5.54. The molecule has 1 aromatic rings. The van der Waals surface area contributed by atoms with E-state index < -0.39 is 5.97 Å². The van der Waals surface area contributed by atoms with Crippen molar-refractivity contribution in [2.75, 3.05) is 26.3 Å². The fourth-order valence-electron chi connectivity index (χ4n) is 3.86. The molecular formula is C20H27NO5. The highest BCUT2D eigenvalue weighted by Gasteiger charge is 2.59. The van der Waals surface area contributed by atoms with Crippen LogP contribution in [0.1, 0.15) is 39.0 Å². The maximum atomic E-state index is 12.4. The number of aliphatic carboxylic acids is 1. The van der Waals surface area contributed by atoms with Crippen LogP contribution in [-0.2, 0) is 9.59 Å². The monoisotopic (exact) mass is 361 g/mol. The predicted octanol–water partition coefficient (Wildman–Crippen LogP) is 2.96. The summed E-state index contributed by atoms with van der Waals surface area (Å²) in [6, 6.07) is 7.54. The van der Waals surface area contributed by atoms with Gasteiger partial charge in [0.05, 0.1) is 19.1 Å². The van der Waals surface area contributed by atoms with E-state index in [-0.39, 0.29) is 17.2 Å². The minimum absolute atomic E-state index is 0.0330. The average molecular weight is 361 g/mol. The van der Waals surface area contributed by atoms with E-state index in [1.807, 2.05) is 36.1 Å². The summed E-state index contributed by atoms with van der Waals surface area (Å²) in [5.41, 5.74) is -0.0330. The molecular weight excluding hydrogens is 334 g/mol. The highest BCUT2D eigenvalue weighted by atomic mass is 16.5. The average Bonchev–Trinajstić information content (AvgIpc) is 3.34. The highest BCUT2D eigenvalue weighted by Crippen LogP contribution is 2.59. The molecule has 142 valence electrons. The third-order valence-electron chi connectivity index (χ3n) is 5.54. The molecule has 0 bridgehead atoms. The lowest BCUT2D eigenvalue weighted by atomic mass is 9.90. The molecule has 6 heteroatoms. The molecule has 0 radical (unpaired) electrons. The first kappa shape index (κ1) is 18.5. The SMILES string of the molecule is CCOc1ccccc1OCCCC(=O)N1CCC2(CC1)CC2C(=O)O. The van der Waals surface area contributed by atoms with E-state index in [1.54, 1.807) is 0 Å². The van der Waals surface area contributed by atoms with E-state index in [0.717, 1.165) is 25.0 Å². The summed E-state index contributed by atoms with van der Waals surface area (Å²) in [7, 11) is 0. The summed E-state index contributed by atoms with van der Waals surface area (Å²) < 4.78 is 11.3. The van der Waals surface area contributed by atoms with Gasteiger partial charge in [-0.2, -0.15) is 0 Å². The number of likely N-dealkylation sites (tertiary alicyclic amines) is 1. The van der Waals surface area contributed by atoms with Crippen molar-refractivity contribution in [1.29, 1.82) is 0 Å². The minimum Gasteiger partial charge on any atom is -0.490 e. The Balaban J connectivity index is 1.37. The van der Waals surface area contributed by atoms with E-state index in [4.69, 9.17) is 14.6 Å². The molecule has 1 aliphatic heterocycles. The number of ether oxygens (including phenoxy) is 2. The molecule has 2 fully saturated rings. The van der Waals surface area contributed by atoms with Crippen LogP contribution in [0.2, 0.25) is 0 Å². The van der Waals surface area contributed by atoms with Gasteiger partial charge in [-0.05, 0) is 50.2 Å². The van der Waals surface area contributed by atoms with Gasteiger partial charge in [0.1, 0.15) is 0 Å². The Bertz CT molecular complexity index is 651. The Morgan fingerprint density at radius 1 is 1.19 bits per heavy atom. The number of nitrogens with zero attached hydrogens (tertiary/aromatic N) is 1. The van der Waals surface area contributed by atoms with Gasteiger partial charge in [-0.25, -0.2) is 0 Å². The molecule has 1 spiro atoms. The zero-order valence-corrected chi connectivity index (χ0v) is 15.3. The van der Waals surface area contributed by atoms with Crippen molar-refractivity contribution in [2.24, 2.45) is 11.3 Å². The van der Waals surface area contributed by atoms with Crippen molar-refractivity contribution in [2.45, 2.75) is 39.0 Å². The minimum atomic E-state index is -0.686. The maximum Gasteiger partial charge on any atom is 0.307 e. The fourth-order valence-corrected chi connectivity index (χ4v) is 3.86. The number of amides is 1. The van der Waals surface area contributed by atoms with Crippen LogP contribution in [0.4, 0.5) is 0 Å². The molecule has 1 unspecified atom stereocenters. The van der Waals surface area contributed by atoms with Crippen LogP contribution in [0, 0.1) is 11.3 Å². The summed E-state index contributed by atoms with van der Waals surface area (Å²) in [5, 5.41) is 9.13. The highest BCUT2D eigenvalue weighted by molar-refractivity contribution is 5.77. The number of carboxylic acid groups (broad SMARTS) is 1. The molecule has 2 aliphatic rings. The largest absolute Gasteiger partial charge is 0.490 e. The van der Waals surface area contributed by atoms with E-state index in [1.165, 1.54) is 0 Å². The summed E-state index contributed by atoms with van der Waals surface area (Å²) in [5.74, 6) is 0.678. The number of para-hydroxylation sites is 2. The summed E-state index contributed by atoms with van der Waals surface area (Å²) in [4.78, 5) is 25.3. The predicted molar refractivity (Wildman–Crippen MR) is 96.3 cm³/mol. The smallest absolute Gasteiger partial charge is 0.307 e. The molecule has 6 nitrogen and oxygen atoms in total. The van der Waals surface area contributed by atoms with Crippen LogP contribution in [-0.4, -0.2) is 48.2 Å². The van der Waals surface area contributed by atoms with E-state index >= 15 is 0 Å². The first-order chi connectivity index (χ1) is 12.6. The third kappa shape index (κ3) is 4.11. The number of carbonyl (C=O) groups excluding carboxylic acids is 1. The van der Waals surface area contributed by atoms with Gasteiger partial charge in [-0.15, -0.1) is 0 Å². The molecule has 1 atom stereocenters. The van der Waals surface area contributed by atoms with Crippen LogP contribution in [0.3, 0.4) is 0 Å². The molecule has 1 saturated heterocycles. The lowest BCUT2D eigenvalue weighted by Gasteiger charge is -2.32. The Morgan fingerprint density at radius 2 is 1.85 bits per heavy atom. The van der Waals surface area contributed by atoms with Crippen molar-refractivity contribution in [3.63, 3.8) is 0 Å². The second-order valence-corrected chi connectivity index (χ2v) is 7.17. The van der Waals surface area contributed by atoms with Crippen molar-refractivity contribution in [1.82, 2.24) is 4.90 Å². The van der Waals surface area contributed by atoms with E-state index in [9.17, 15) is 9.59 Å². The molecule has 1 heterocycles. The number of rotatable bonds is 8. The van der Waals surface area contributed by atoms with Gasteiger partial charge in [0.2, 0.25) is 5.91 Å². The molecule has 1 amide bonds. The van der Waals surface area contributed by atoms with Gasteiger partial charge in [0.15, 0.2) is 11.5 Å². The topological polar surface area (TPSA) is 76.1 Å². The zero-order valence-electron chi connectivity index (χ0n) is 15.3. The first-order valence-electron chi connectivity index (χ1n) is 9.41. The maximum absolute atomic E-state index is 12.4. The quantitative estimate of drug-likeness (QED) is 0.721. The molecule has 1 aliphatic carbocycles. The fraction of sp³-hybridized carbons (Fsp3) is 0.600. The van der Waals surface area contributed by atoms with Crippen LogP contribution in [0.15, 0.2) is 24.3 Å². The van der Waals surface area contributed by atoms with Crippen LogP contribution in [0.25, 0.3) is 0 Å². The van der Waals surface area contributed by atoms with E-state index in [2.05, 4.69) is 0 Å². The van der Waals surface area contributed by atoms with E-state index in [0.29, 0.717) is 44.9 Å². The normalized spacial score (nSPS) is 20.7. The molecule has 1 N–H and O–H groups in total. The van der Waals surface area contributed by atoms with Crippen molar-refractivity contribution < 1.29 is 24.2 Å². The number of hydrogen-bond donors (Lipinski definition) is 1. The molecule has 0 aromatic heterocycles. The Labute approximate surface area is 154 Å². The Hall–Kier alpha value is -2.24. The number of carbonyl (C=O) groups is 2.